The molecule has 4 nitrogen and oxygen atoms in total. The molecule has 7 heteroatoms. The molecule has 26 heavy (non-hydrogen) atoms. The summed E-state index contributed by atoms with van der Waals surface area (Å²) in [4.78, 5) is 26.5. The number of thiophene rings is 1. The maximum Gasteiger partial charge on any atom is 0.350 e. The Bertz CT molecular complexity index is 974. The van der Waals surface area contributed by atoms with Crippen LogP contribution >= 0.6 is 22.9 Å². The fraction of sp³-hybridized carbons (Fsp3) is 0.158. The molecule has 0 radical (unpaired) electrons. The van der Waals surface area contributed by atoms with Crippen molar-refractivity contribution in [2.45, 2.75) is 13.0 Å². The maximum atomic E-state index is 13.3. The van der Waals surface area contributed by atoms with Crippen molar-refractivity contribution in [1.82, 2.24) is 0 Å². The van der Waals surface area contributed by atoms with Gasteiger partial charge in [0.1, 0.15) is 10.7 Å². The van der Waals surface area contributed by atoms with E-state index in [0.29, 0.717) is 15.8 Å². The minimum absolute atomic E-state index is 0.147. The van der Waals surface area contributed by atoms with Crippen molar-refractivity contribution in [1.29, 1.82) is 0 Å². The average Bonchev–Trinajstić information content (AvgIpc) is 2.97. The molecule has 1 aromatic heterocycles. The van der Waals surface area contributed by atoms with Crippen molar-refractivity contribution in [3.63, 3.8) is 0 Å². The van der Waals surface area contributed by atoms with Crippen LogP contribution in [0.25, 0.3) is 10.1 Å². The zero-order valence-electron chi connectivity index (χ0n) is 14.0. The highest BCUT2D eigenvalue weighted by molar-refractivity contribution is 7.21. The summed E-state index contributed by atoms with van der Waals surface area (Å²) >= 11 is 7.25. The van der Waals surface area contributed by atoms with Crippen LogP contribution in [0.3, 0.4) is 0 Å². The van der Waals surface area contributed by atoms with Crippen molar-refractivity contribution in [2.24, 2.45) is 0 Å². The Morgan fingerprint density at radius 3 is 2.58 bits per heavy atom. The molecule has 0 N–H and O–H groups in total. The van der Waals surface area contributed by atoms with Crippen molar-refractivity contribution < 1.29 is 18.7 Å². The molecule has 3 rings (SSSR count). The minimum Gasteiger partial charge on any atom is -0.448 e. The third-order valence-electron chi connectivity index (χ3n) is 3.88. The fourth-order valence-corrected chi connectivity index (χ4v) is 3.90. The quantitative estimate of drug-likeness (QED) is 0.594. The van der Waals surface area contributed by atoms with Gasteiger partial charge in [-0.05, 0) is 37.3 Å². The first-order valence-electron chi connectivity index (χ1n) is 7.79. The lowest BCUT2D eigenvalue weighted by molar-refractivity contribution is -0.126. The molecule has 0 aliphatic heterocycles. The van der Waals surface area contributed by atoms with E-state index in [1.165, 1.54) is 30.0 Å². The summed E-state index contributed by atoms with van der Waals surface area (Å²) in [5.41, 5.74) is 0.691. The molecule has 0 aliphatic rings. The normalized spacial score (nSPS) is 12.0. The smallest absolute Gasteiger partial charge is 0.350 e. The van der Waals surface area contributed by atoms with E-state index in [1.807, 2.05) is 18.2 Å². The second kappa shape index (κ2) is 7.43. The highest BCUT2D eigenvalue weighted by Crippen LogP contribution is 2.36. The number of halogens is 2. The van der Waals surface area contributed by atoms with Gasteiger partial charge in [0.25, 0.3) is 5.91 Å². The first-order valence-corrected chi connectivity index (χ1v) is 8.99. The molecule has 0 fully saturated rings. The molecule has 1 heterocycles. The highest BCUT2D eigenvalue weighted by Gasteiger charge is 2.26. The standard InChI is InChI=1S/C19H15ClFNO3S/c1-11(18(23)22(2)13-6-4-3-5-7-13)25-19(24)17-16(20)14-9-8-12(21)10-15(14)26-17/h3-11H,1-2H3/t11-/m1/s1. The number of fused-ring (bicyclic) bond motifs is 1. The SMILES string of the molecule is C[C@@H](OC(=O)c1sc2cc(F)ccc2c1Cl)C(=O)N(C)c1ccccc1. The minimum atomic E-state index is -0.995. The van der Waals surface area contributed by atoms with Crippen LogP contribution in [0.2, 0.25) is 5.02 Å². The number of carbonyl (C=O) groups excluding carboxylic acids is 2. The molecule has 0 unspecified atom stereocenters. The number of carbonyl (C=O) groups is 2. The number of rotatable bonds is 4. The third-order valence-corrected chi connectivity index (χ3v) is 5.52. The predicted molar refractivity (Wildman–Crippen MR) is 102 cm³/mol. The third kappa shape index (κ3) is 3.57. The lowest BCUT2D eigenvalue weighted by Crippen LogP contribution is -2.37. The second-order valence-electron chi connectivity index (χ2n) is 5.67. The van der Waals surface area contributed by atoms with Crippen LogP contribution in [0.15, 0.2) is 48.5 Å². The number of ether oxygens (including phenoxy) is 1. The van der Waals surface area contributed by atoms with Gasteiger partial charge in [-0.1, -0.05) is 29.8 Å². The largest absolute Gasteiger partial charge is 0.448 e. The summed E-state index contributed by atoms with van der Waals surface area (Å²) in [5.74, 6) is -1.49. The highest BCUT2D eigenvalue weighted by atomic mass is 35.5. The molecule has 2 aromatic carbocycles. The van der Waals surface area contributed by atoms with Gasteiger partial charge in [-0.15, -0.1) is 11.3 Å². The number of anilines is 1. The van der Waals surface area contributed by atoms with Gasteiger partial charge in [0, 0.05) is 22.8 Å². The van der Waals surface area contributed by atoms with E-state index in [2.05, 4.69) is 0 Å². The summed E-state index contributed by atoms with van der Waals surface area (Å²) in [5, 5.41) is 0.775. The summed E-state index contributed by atoms with van der Waals surface area (Å²) in [6.45, 7) is 1.50. The summed E-state index contributed by atoms with van der Waals surface area (Å²) < 4.78 is 19.2. The van der Waals surface area contributed by atoms with Crippen LogP contribution < -0.4 is 4.90 Å². The van der Waals surface area contributed by atoms with Crippen molar-refractivity contribution in [3.8, 4) is 0 Å². The van der Waals surface area contributed by atoms with Crippen LogP contribution in [0.1, 0.15) is 16.6 Å². The number of benzene rings is 2. The number of nitrogens with zero attached hydrogens (tertiary/aromatic N) is 1. The Morgan fingerprint density at radius 1 is 1.19 bits per heavy atom. The van der Waals surface area contributed by atoms with Crippen molar-refractivity contribution in [2.75, 3.05) is 11.9 Å². The van der Waals surface area contributed by atoms with E-state index in [1.54, 1.807) is 19.2 Å². The number of likely N-dealkylation sites (N-methyl/N-ethyl adjacent to an activating group) is 1. The molecule has 134 valence electrons. The van der Waals surface area contributed by atoms with Gasteiger partial charge >= 0.3 is 5.97 Å². The number of hydrogen-bond donors (Lipinski definition) is 0. The summed E-state index contributed by atoms with van der Waals surface area (Å²) in [6.07, 6.45) is -0.995. The van der Waals surface area contributed by atoms with E-state index in [9.17, 15) is 14.0 Å². The summed E-state index contributed by atoms with van der Waals surface area (Å²) in [6, 6.07) is 13.1. The number of amides is 1. The van der Waals surface area contributed by atoms with E-state index in [0.717, 1.165) is 11.3 Å². The van der Waals surface area contributed by atoms with E-state index < -0.39 is 17.9 Å². The number of esters is 1. The molecule has 0 spiro atoms. The van der Waals surface area contributed by atoms with Gasteiger partial charge in [-0.25, -0.2) is 9.18 Å². The Hall–Kier alpha value is -2.44. The molecule has 1 amide bonds. The lowest BCUT2D eigenvalue weighted by atomic mass is 10.2. The van der Waals surface area contributed by atoms with Gasteiger partial charge in [-0.2, -0.15) is 0 Å². The Labute approximate surface area is 158 Å². The lowest BCUT2D eigenvalue weighted by Gasteiger charge is -2.21. The molecule has 0 bridgehead atoms. The van der Waals surface area contributed by atoms with Gasteiger partial charge in [-0.3, -0.25) is 4.79 Å². The molecule has 0 aliphatic carbocycles. The molecule has 3 aromatic rings. The van der Waals surface area contributed by atoms with Gasteiger partial charge in [0.2, 0.25) is 0 Å². The first-order chi connectivity index (χ1) is 12.4. The Morgan fingerprint density at radius 2 is 1.88 bits per heavy atom. The van der Waals surface area contributed by atoms with Gasteiger partial charge in [0.15, 0.2) is 6.10 Å². The van der Waals surface area contributed by atoms with E-state index >= 15 is 0 Å². The first kappa shape index (κ1) is 18.4. The Kier molecular flexibility index (Phi) is 5.25. The van der Waals surface area contributed by atoms with Crippen LogP contribution in [0, 0.1) is 5.82 Å². The zero-order valence-corrected chi connectivity index (χ0v) is 15.6. The van der Waals surface area contributed by atoms with Crippen molar-refractivity contribution >= 4 is 50.6 Å². The van der Waals surface area contributed by atoms with E-state index in [4.69, 9.17) is 16.3 Å². The zero-order chi connectivity index (χ0) is 18.8. The molecule has 0 saturated carbocycles. The van der Waals surface area contributed by atoms with Crippen LogP contribution in [0.5, 0.6) is 0 Å². The topological polar surface area (TPSA) is 46.6 Å². The molecular weight excluding hydrogens is 377 g/mol. The summed E-state index contributed by atoms with van der Waals surface area (Å²) in [7, 11) is 1.61. The van der Waals surface area contributed by atoms with Gasteiger partial charge in [0.05, 0.1) is 5.02 Å². The van der Waals surface area contributed by atoms with Crippen molar-refractivity contribution in [3.05, 3.63) is 64.2 Å². The number of para-hydroxylation sites is 1. The second-order valence-corrected chi connectivity index (χ2v) is 7.10. The van der Waals surface area contributed by atoms with Gasteiger partial charge < -0.3 is 9.64 Å². The molecular formula is C19H15ClFNO3S. The molecule has 1 atom stereocenters. The Balaban J connectivity index is 1.77. The average molecular weight is 392 g/mol. The monoisotopic (exact) mass is 391 g/mol. The predicted octanol–water partition coefficient (Wildman–Crippen LogP) is 4.90. The fourth-order valence-electron chi connectivity index (χ4n) is 2.49. The van der Waals surface area contributed by atoms with E-state index in [-0.39, 0.29) is 15.8 Å². The van der Waals surface area contributed by atoms with Crippen LogP contribution in [0.4, 0.5) is 10.1 Å². The van der Waals surface area contributed by atoms with Crippen LogP contribution in [-0.4, -0.2) is 25.0 Å². The molecule has 0 saturated heterocycles. The number of hydrogen-bond acceptors (Lipinski definition) is 4. The maximum absolute atomic E-state index is 13.3. The van der Waals surface area contributed by atoms with Crippen LogP contribution in [-0.2, 0) is 9.53 Å².